The Labute approximate surface area is 105 Å². The largest absolute Gasteiger partial charge is 0.456 e. The van der Waals surface area contributed by atoms with Crippen LogP contribution in [0.5, 0.6) is 0 Å². The molecule has 0 saturated heterocycles. The summed E-state index contributed by atoms with van der Waals surface area (Å²) in [6.07, 6.45) is -4.87. The fraction of sp³-hybridized carbons (Fsp3) is 0.0714. The van der Waals surface area contributed by atoms with E-state index in [9.17, 15) is 18.0 Å². The van der Waals surface area contributed by atoms with Crippen molar-refractivity contribution >= 4 is 27.7 Å². The highest BCUT2D eigenvalue weighted by Gasteiger charge is 2.39. The van der Waals surface area contributed by atoms with E-state index >= 15 is 0 Å². The molecule has 0 fully saturated rings. The lowest BCUT2D eigenvalue weighted by atomic mass is 10.1. The Morgan fingerprint density at radius 3 is 2.37 bits per heavy atom. The van der Waals surface area contributed by atoms with Gasteiger partial charge in [-0.15, -0.1) is 0 Å². The molecule has 1 aromatic heterocycles. The van der Waals surface area contributed by atoms with Crippen LogP contribution in [0.15, 0.2) is 46.9 Å². The maximum atomic E-state index is 12.4. The smallest absolute Gasteiger partial charge is 0.454 e. The lowest BCUT2D eigenvalue weighted by Crippen LogP contribution is -2.22. The molecule has 0 N–H and O–H groups in total. The van der Waals surface area contributed by atoms with Crippen LogP contribution in [-0.2, 0) is 0 Å². The van der Waals surface area contributed by atoms with Gasteiger partial charge in [-0.3, -0.25) is 4.79 Å². The average Bonchev–Trinajstić information content (AvgIpc) is 2.74. The highest BCUT2D eigenvalue weighted by atomic mass is 19.4. The number of ketones is 1. The first-order chi connectivity index (χ1) is 8.97. The van der Waals surface area contributed by atoms with Gasteiger partial charge in [0.15, 0.2) is 0 Å². The van der Waals surface area contributed by atoms with Crippen LogP contribution in [0.3, 0.4) is 0 Å². The molecule has 96 valence electrons. The summed E-state index contributed by atoms with van der Waals surface area (Å²) in [6, 6.07) is 10.7. The molecule has 1 heterocycles. The maximum absolute atomic E-state index is 12.4. The number of halogens is 3. The molecule has 0 saturated carbocycles. The predicted octanol–water partition coefficient (Wildman–Crippen LogP) is 4.33. The second-order valence-electron chi connectivity index (χ2n) is 4.14. The van der Waals surface area contributed by atoms with Crippen LogP contribution in [0.4, 0.5) is 13.2 Å². The van der Waals surface area contributed by atoms with Gasteiger partial charge in [0, 0.05) is 16.3 Å². The topological polar surface area (TPSA) is 30.2 Å². The first-order valence-corrected chi connectivity index (χ1v) is 5.49. The molecule has 0 aliphatic carbocycles. The molecule has 0 spiro atoms. The van der Waals surface area contributed by atoms with E-state index < -0.39 is 12.0 Å². The Kier molecular flexibility index (Phi) is 2.38. The third-order valence-corrected chi connectivity index (χ3v) is 2.90. The Bertz CT molecular complexity index is 784. The summed E-state index contributed by atoms with van der Waals surface area (Å²) in [5, 5.41) is 1.19. The Hall–Kier alpha value is -2.30. The average molecular weight is 264 g/mol. The lowest BCUT2D eigenvalue weighted by molar-refractivity contribution is -0.0885. The van der Waals surface area contributed by atoms with E-state index in [0.717, 1.165) is 6.07 Å². The van der Waals surface area contributed by atoms with E-state index in [0.29, 0.717) is 21.9 Å². The fourth-order valence-electron chi connectivity index (χ4n) is 2.03. The van der Waals surface area contributed by atoms with Crippen molar-refractivity contribution < 1.29 is 22.4 Å². The number of carbonyl (C=O) groups is 1. The van der Waals surface area contributed by atoms with Crippen LogP contribution in [0.25, 0.3) is 21.9 Å². The van der Waals surface area contributed by atoms with Crippen molar-refractivity contribution in [1.82, 2.24) is 0 Å². The van der Waals surface area contributed by atoms with E-state index in [1.807, 2.05) is 0 Å². The van der Waals surface area contributed by atoms with Gasteiger partial charge in [0.05, 0.1) is 0 Å². The zero-order valence-corrected chi connectivity index (χ0v) is 9.49. The molecule has 5 heteroatoms. The predicted molar refractivity (Wildman–Crippen MR) is 64.1 cm³/mol. The summed E-state index contributed by atoms with van der Waals surface area (Å²) in [4.78, 5) is 11.2. The van der Waals surface area contributed by atoms with Crippen LogP contribution in [-0.4, -0.2) is 12.0 Å². The van der Waals surface area contributed by atoms with Gasteiger partial charge in [-0.05, 0) is 24.3 Å². The molecule has 0 amide bonds. The molecular weight excluding hydrogens is 257 g/mol. The summed E-state index contributed by atoms with van der Waals surface area (Å²) in [6.45, 7) is 0. The van der Waals surface area contributed by atoms with Crippen molar-refractivity contribution in [2.45, 2.75) is 6.18 Å². The van der Waals surface area contributed by atoms with Gasteiger partial charge in [0.1, 0.15) is 11.2 Å². The number of alkyl halides is 3. The van der Waals surface area contributed by atoms with E-state index in [1.54, 1.807) is 24.3 Å². The zero-order chi connectivity index (χ0) is 13.6. The minimum atomic E-state index is -4.87. The van der Waals surface area contributed by atoms with Crippen molar-refractivity contribution in [2.24, 2.45) is 0 Å². The second kappa shape index (κ2) is 3.85. The van der Waals surface area contributed by atoms with Gasteiger partial charge in [0.25, 0.3) is 5.78 Å². The van der Waals surface area contributed by atoms with E-state index in [2.05, 4.69) is 0 Å². The third-order valence-electron chi connectivity index (χ3n) is 2.90. The molecule has 3 rings (SSSR count). The molecule has 0 radical (unpaired) electrons. The minimum absolute atomic E-state index is 0.383. The summed E-state index contributed by atoms with van der Waals surface area (Å²) >= 11 is 0. The van der Waals surface area contributed by atoms with E-state index in [-0.39, 0.29) is 5.56 Å². The Morgan fingerprint density at radius 1 is 0.947 bits per heavy atom. The number of furan rings is 1. The van der Waals surface area contributed by atoms with E-state index in [1.165, 1.54) is 12.1 Å². The first-order valence-electron chi connectivity index (χ1n) is 5.49. The van der Waals surface area contributed by atoms with Crippen molar-refractivity contribution in [3.05, 3.63) is 48.0 Å². The van der Waals surface area contributed by atoms with Crippen LogP contribution in [0.1, 0.15) is 10.4 Å². The van der Waals surface area contributed by atoms with Crippen molar-refractivity contribution in [1.29, 1.82) is 0 Å². The number of para-hydroxylation sites is 1. The van der Waals surface area contributed by atoms with Gasteiger partial charge in [-0.1, -0.05) is 18.2 Å². The lowest BCUT2D eigenvalue weighted by Gasteiger charge is -2.04. The summed E-state index contributed by atoms with van der Waals surface area (Å²) in [5.74, 6) is -1.85. The Balaban J connectivity index is 2.25. The van der Waals surface area contributed by atoms with Crippen molar-refractivity contribution in [3.8, 4) is 0 Å². The highest BCUT2D eigenvalue weighted by molar-refractivity contribution is 6.09. The summed E-state index contributed by atoms with van der Waals surface area (Å²) in [7, 11) is 0. The number of Topliss-reactive ketones (excluding diaryl/α,β-unsaturated/α-hetero) is 1. The fourth-order valence-corrected chi connectivity index (χ4v) is 2.03. The number of rotatable bonds is 1. The molecule has 2 aromatic carbocycles. The summed E-state index contributed by atoms with van der Waals surface area (Å²) < 4.78 is 42.7. The van der Waals surface area contributed by atoms with Crippen LogP contribution in [0, 0.1) is 0 Å². The molecule has 0 aliphatic rings. The van der Waals surface area contributed by atoms with Gasteiger partial charge < -0.3 is 4.42 Å². The van der Waals surface area contributed by atoms with Crippen molar-refractivity contribution in [2.75, 3.05) is 0 Å². The normalized spacial score (nSPS) is 12.2. The molecular formula is C14H7F3O2. The molecule has 3 aromatic rings. The molecule has 0 atom stereocenters. The molecule has 2 nitrogen and oxygen atoms in total. The second-order valence-corrected chi connectivity index (χ2v) is 4.14. The van der Waals surface area contributed by atoms with Crippen LogP contribution in [0.2, 0.25) is 0 Å². The van der Waals surface area contributed by atoms with Crippen LogP contribution >= 0.6 is 0 Å². The number of benzene rings is 2. The minimum Gasteiger partial charge on any atom is -0.456 e. The van der Waals surface area contributed by atoms with Gasteiger partial charge in [0.2, 0.25) is 0 Å². The number of carbonyl (C=O) groups excluding carboxylic acids is 1. The summed E-state index contributed by atoms with van der Waals surface area (Å²) in [5.41, 5.74) is 0.653. The quantitative estimate of drug-likeness (QED) is 0.612. The maximum Gasteiger partial charge on any atom is 0.454 e. The number of hydrogen-bond acceptors (Lipinski definition) is 2. The molecule has 0 aliphatic heterocycles. The number of fused-ring (bicyclic) bond motifs is 3. The van der Waals surface area contributed by atoms with Crippen LogP contribution < -0.4 is 0 Å². The zero-order valence-electron chi connectivity index (χ0n) is 9.49. The van der Waals surface area contributed by atoms with Gasteiger partial charge in [-0.2, -0.15) is 13.2 Å². The van der Waals surface area contributed by atoms with Gasteiger partial charge in [-0.25, -0.2) is 0 Å². The van der Waals surface area contributed by atoms with E-state index in [4.69, 9.17) is 4.42 Å². The molecule has 0 unspecified atom stereocenters. The highest BCUT2D eigenvalue weighted by Crippen LogP contribution is 2.31. The van der Waals surface area contributed by atoms with Crippen molar-refractivity contribution in [3.63, 3.8) is 0 Å². The SMILES string of the molecule is O=C(c1ccc2oc3ccccc3c2c1)C(F)(F)F. The first kappa shape index (κ1) is 11.8. The molecule has 0 bridgehead atoms. The third kappa shape index (κ3) is 1.87. The Morgan fingerprint density at radius 2 is 1.63 bits per heavy atom. The standard InChI is InChI=1S/C14H7F3O2/c15-14(16,17)13(18)8-5-6-12-10(7-8)9-3-1-2-4-11(9)19-12/h1-7H. The monoisotopic (exact) mass is 264 g/mol. The molecule has 19 heavy (non-hydrogen) atoms. The number of hydrogen-bond donors (Lipinski definition) is 0. The van der Waals surface area contributed by atoms with Gasteiger partial charge >= 0.3 is 6.18 Å².